The second-order valence-corrected chi connectivity index (χ2v) is 6.01. The molecule has 0 spiro atoms. The molecular weight excluding hydrogens is 330 g/mol. The van der Waals surface area contributed by atoms with E-state index in [2.05, 4.69) is 20.6 Å². The lowest BCUT2D eigenvalue weighted by molar-refractivity contribution is -0.124. The van der Waals surface area contributed by atoms with Crippen molar-refractivity contribution in [3.63, 3.8) is 0 Å². The maximum Gasteiger partial charge on any atom is 0.265 e. The van der Waals surface area contributed by atoms with Gasteiger partial charge in [-0.3, -0.25) is 4.79 Å². The molecule has 2 aromatic rings. The topological polar surface area (TPSA) is 104 Å². The number of benzene rings is 1. The third kappa shape index (κ3) is 3.25. The number of phenols is 1. The number of rotatable bonds is 4. The van der Waals surface area contributed by atoms with Crippen molar-refractivity contribution < 1.29 is 14.6 Å². The highest BCUT2D eigenvalue weighted by Crippen LogP contribution is 2.34. The summed E-state index contributed by atoms with van der Waals surface area (Å²) in [5, 5.41) is 25.3. The highest BCUT2D eigenvalue weighted by Gasteiger charge is 2.22. The average molecular weight is 345 g/mol. The van der Waals surface area contributed by atoms with Crippen LogP contribution in [-0.2, 0) is 11.3 Å². The van der Waals surface area contributed by atoms with Crippen LogP contribution in [0.1, 0.15) is 17.0 Å². The average Bonchev–Trinajstić information content (AvgIpc) is 3.07. The predicted octanol–water partition coefficient (Wildman–Crippen LogP) is 1.81. The number of H-pyrrole nitrogens is 1. The Hall–Kier alpha value is -2.81. The number of nitrogens with one attached hydrogen (secondary N) is 1. The van der Waals surface area contributed by atoms with Gasteiger partial charge in [-0.25, -0.2) is 0 Å². The second kappa shape index (κ2) is 6.75. The summed E-state index contributed by atoms with van der Waals surface area (Å²) in [6, 6.07) is 3.48. The molecule has 0 aliphatic carbocycles. The van der Waals surface area contributed by atoms with E-state index < -0.39 is 0 Å². The van der Waals surface area contributed by atoms with Crippen LogP contribution < -0.4 is 4.74 Å². The maximum absolute atomic E-state index is 12.6. The van der Waals surface area contributed by atoms with Gasteiger partial charge in [0.05, 0.1) is 18.6 Å². The van der Waals surface area contributed by atoms with E-state index in [0.717, 1.165) is 5.56 Å². The first-order valence-corrected chi connectivity index (χ1v) is 7.92. The Bertz CT molecular complexity index is 817. The fourth-order valence-electron chi connectivity index (χ4n) is 2.22. The van der Waals surface area contributed by atoms with Crippen LogP contribution in [0.2, 0.25) is 0 Å². The van der Waals surface area contributed by atoms with Gasteiger partial charge in [-0.05, 0) is 41.7 Å². The number of phenolic OH excluding ortho intramolecular Hbond substituents is 1. The van der Waals surface area contributed by atoms with Gasteiger partial charge in [0.25, 0.3) is 5.91 Å². The zero-order chi connectivity index (χ0) is 17.1. The summed E-state index contributed by atoms with van der Waals surface area (Å²) in [6.45, 7) is 2.01. The third-order valence-corrected chi connectivity index (χ3v) is 4.22. The lowest BCUT2D eigenvalue weighted by atomic mass is 10.1. The Balaban J connectivity index is 1.86. The van der Waals surface area contributed by atoms with Gasteiger partial charge in [0.15, 0.2) is 17.3 Å². The van der Waals surface area contributed by atoms with Gasteiger partial charge in [-0.1, -0.05) is 17.0 Å². The molecule has 1 amide bonds. The number of methoxy groups -OCH3 is 1. The van der Waals surface area contributed by atoms with Gasteiger partial charge in [-0.2, -0.15) is 5.21 Å². The van der Waals surface area contributed by atoms with E-state index in [4.69, 9.17) is 4.74 Å². The van der Waals surface area contributed by atoms with Crippen LogP contribution in [0.5, 0.6) is 11.5 Å². The molecule has 124 valence electrons. The lowest BCUT2D eigenvalue weighted by Gasteiger charge is -2.21. The smallest absolute Gasteiger partial charge is 0.265 e. The molecule has 2 heterocycles. The summed E-state index contributed by atoms with van der Waals surface area (Å²) in [7, 11) is 1.49. The first kappa shape index (κ1) is 16.1. The van der Waals surface area contributed by atoms with Crippen LogP contribution in [-0.4, -0.2) is 43.6 Å². The normalized spacial score (nSPS) is 16.0. The van der Waals surface area contributed by atoms with Crippen LogP contribution in [0.25, 0.3) is 6.08 Å². The molecule has 0 fully saturated rings. The van der Waals surface area contributed by atoms with Crippen molar-refractivity contribution in [1.29, 1.82) is 0 Å². The first-order chi connectivity index (χ1) is 11.6. The number of hydrogen-bond acceptors (Lipinski definition) is 7. The molecule has 3 rings (SSSR count). The number of thioether (sulfide) groups is 1. The zero-order valence-electron chi connectivity index (χ0n) is 13.1. The van der Waals surface area contributed by atoms with Gasteiger partial charge in [0.2, 0.25) is 0 Å². The standard InChI is InChI=1S/C15H15N5O3S/c1-9-5-10(6-11(23-2)14(9)21)7-12-15(22)20(3-4-24-12)8-13-16-18-19-17-13/h3-7,21H,8H2,1-2H3,(H,16,17,18,19)/b12-7-. The molecule has 0 bridgehead atoms. The number of carbonyl (C=O) groups excluding carboxylic acids is 1. The van der Waals surface area contributed by atoms with Crippen LogP contribution in [0.15, 0.2) is 28.6 Å². The number of ether oxygens (including phenoxy) is 1. The van der Waals surface area contributed by atoms with Crippen LogP contribution in [0.3, 0.4) is 0 Å². The summed E-state index contributed by atoms with van der Waals surface area (Å²) in [4.78, 5) is 14.6. The molecular formula is C15H15N5O3S. The molecule has 0 saturated carbocycles. The van der Waals surface area contributed by atoms with Crippen molar-refractivity contribution in [3.8, 4) is 11.5 Å². The van der Waals surface area contributed by atoms with E-state index in [-0.39, 0.29) is 18.2 Å². The number of hydrogen-bond donors (Lipinski definition) is 2. The van der Waals surface area contributed by atoms with Crippen LogP contribution in [0, 0.1) is 6.92 Å². The van der Waals surface area contributed by atoms with Gasteiger partial charge in [0, 0.05) is 6.20 Å². The molecule has 0 unspecified atom stereocenters. The molecule has 1 aliphatic rings. The maximum atomic E-state index is 12.6. The Morgan fingerprint density at radius 1 is 1.46 bits per heavy atom. The number of aromatic amines is 1. The number of nitrogens with zero attached hydrogens (tertiary/aromatic N) is 4. The van der Waals surface area contributed by atoms with E-state index >= 15 is 0 Å². The highest BCUT2D eigenvalue weighted by atomic mass is 32.2. The van der Waals surface area contributed by atoms with Crippen molar-refractivity contribution in [1.82, 2.24) is 25.5 Å². The SMILES string of the molecule is COc1cc(/C=C2\SC=CN(Cc3nn[nH]n3)C2=O)cc(C)c1O. The largest absolute Gasteiger partial charge is 0.504 e. The third-order valence-electron chi connectivity index (χ3n) is 3.41. The van der Waals surface area contributed by atoms with Crippen molar-refractivity contribution >= 4 is 23.7 Å². The van der Waals surface area contributed by atoms with Gasteiger partial charge < -0.3 is 14.7 Å². The number of carbonyl (C=O) groups is 1. The predicted molar refractivity (Wildman–Crippen MR) is 88.8 cm³/mol. The molecule has 1 aliphatic heterocycles. The minimum Gasteiger partial charge on any atom is -0.504 e. The fraction of sp³-hybridized carbons (Fsp3) is 0.200. The van der Waals surface area contributed by atoms with Gasteiger partial charge >= 0.3 is 0 Å². The number of tetrazole rings is 1. The first-order valence-electron chi connectivity index (χ1n) is 7.04. The van der Waals surface area contributed by atoms with Crippen molar-refractivity contribution in [2.45, 2.75) is 13.5 Å². The minimum absolute atomic E-state index is 0.0981. The molecule has 0 saturated heterocycles. The van der Waals surface area contributed by atoms with Crippen molar-refractivity contribution in [2.24, 2.45) is 0 Å². The van der Waals surface area contributed by atoms with E-state index in [1.807, 2.05) is 5.41 Å². The molecule has 2 N–H and O–H groups in total. The van der Waals surface area contributed by atoms with E-state index in [0.29, 0.717) is 22.0 Å². The number of amides is 1. The molecule has 8 nitrogen and oxygen atoms in total. The van der Waals surface area contributed by atoms with E-state index in [9.17, 15) is 9.90 Å². The molecule has 24 heavy (non-hydrogen) atoms. The highest BCUT2D eigenvalue weighted by molar-refractivity contribution is 8.06. The van der Waals surface area contributed by atoms with Crippen LogP contribution >= 0.6 is 11.8 Å². The summed E-state index contributed by atoms with van der Waals surface area (Å²) >= 11 is 1.33. The summed E-state index contributed by atoms with van der Waals surface area (Å²) < 4.78 is 5.15. The van der Waals surface area contributed by atoms with Crippen molar-refractivity contribution in [2.75, 3.05) is 7.11 Å². The Morgan fingerprint density at radius 3 is 3.00 bits per heavy atom. The van der Waals surface area contributed by atoms with Crippen molar-refractivity contribution in [3.05, 3.63) is 45.6 Å². The Kier molecular flexibility index (Phi) is 4.52. The summed E-state index contributed by atoms with van der Waals surface area (Å²) in [5.74, 6) is 0.744. The minimum atomic E-state index is -0.156. The lowest BCUT2D eigenvalue weighted by Crippen LogP contribution is -2.28. The fourth-order valence-corrected chi connectivity index (χ4v) is 3.00. The monoisotopic (exact) mass is 345 g/mol. The van der Waals surface area contributed by atoms with Gasteiger partial charge in [0.1, 0.15) is 0 Å². The quantitative estimate of drug-likeness (QED) is 0.814. The second-order valence-electron chi connectivity index (χ2n) is 5.06. The summed E-state index contributed by atoms with van der Waals surface area (Å²) in [6.07, 6.45) is 3.44. The molecule has 1 aromatic heterocycles. The zero-order valence-corrected chi connectivity index (χ0v) is 13.9. The van der Waals surface area contributed by atoms with E-state index in [1.54, 1.807) is 31.3 Å². The Labute approximate surface area is 142 Å². The molecule has 1 aromatic carbocycles. The number of aryl methyl sites for hydroxylation is 1. The van der Waals surface area contributed by atoms with Crippen LogP contribution in [0.4, 0.5) is 0 Å². The van der Waals surface area contributed by atoms with E-state index in [1.165, 1.54) is 23.8 Å². The number of aromatic hydroxyl groups is 1. The van der Waals surface area contributed by atoms with Gasteiger partial charge in [-0.15, -0.1) is 10.2 Å². The Morgan fingerprint density at radius 2 is 2.29 bits per heavy atom. The summed E-state index contributed by atoms with van der Waals surface area (Å²) in [5.41, 5.74) is 1.45. The molecule has 0 atom stereocenters. The molecule has 9 heteroatoms. The molecule has 0 radical (unpaired) electrons. The number of aromatic nitrogens is 4.